The number of rotatable bonds is 4. The van der Waals surface area contributed by atoms with Gasteiger partial charge >= 0.3 is 0 Å². The normalized spacial score (nSPS) is 13.1. The highest BCUT2D eigenvalue weighted by Gasteiger charge is 2.48. The van der Waals surface area contributed by atoms with Crippen molar-refractivity contribution < 1.29 is 4.42 Å². The highest BCUT2D eigenvalue weighted by molar-refractivity contribution is 6.93. The van der Waals surface area contributed by atoms with Crippen molar-refractivity contribution in [2.24, 2.45) is 0 Å². The third-order valence-electron chi connectivity index (χ3n) is 3.86. The molecule has 0 aliphatic heterocycles. The molecule has 1 aromatic heterocycles. The Morgan fingerprint density at radius 1 is 1.00 bits per heavy atom. The number of aromatic nitrogens is 1. The van der Waals surface area contributed by atoms with E-state index in [1.165, 1.54) is 0 Å². The summed E-state index contributed by atoms with van der Waals surface area (Å²) in [6.07, 6.45) is 1.87. The summed E-state index contributed by atoms with van der Waals surface area (Å²) in [7, 11) is -1.66. The lowest BCUT2D eigenvalue weighted by atomic mass is 10.5. The van der Waals surface area contributed by atoms with Gasteiger partial charge in [-0.2, -0.15) is 0 Å². The molecule has 0 bridgehead atoms. The Morgan fingerprint density at radius 2 is 1.44 bits per heavy atom. The van der Waals surface area contributed by atoms with Crippen LogP contribution >= 0.6 is 0 Å². The average molecular weight is 239 g/mol. The van der Waals surface area contributed by atoms with Gasteiger partial charge in [-0.05, 0) is 23.5 Å². The SMILES string of the molecule is Cc1cnc([Si](C(C)C)(C(C)C)C(C)C)o1. The molecule has 0 amide bonds. The van der Waals surface area contributed by atoms with Crippen LogP contribution in [0.15, 0.2) is 10.6 Å². The summed E-state index contributed by atoms with van der Waals surface area (Å²) in [5.41, 5.74) is 3.02. The van der Waals surface area contributed by atoms with E-state index in [0.717, 1.165) is 11.3 Å². The van der Waals surface area contributed by atoms with Gasteiger partial charge in [0.05, 0.1) is 6.20 Å². The lowest BCUT2D eigenvalue weighted by molar-refractivity contribution is 0.549. The largest absolute Gasteiger partial charge is 0.451 e. The fourth-order valence-corrected chi connectivity index (χ4v) is 9.40. The van der Waals surface area contributed by atoms with Gasteiger partial charge in [0, 0.05) is 0 Å². The summed E-state index contributed by atoms with van der Waals surface area (Å²) >= 11 is 0. The highest BCUT2D eigenvalue weighted by atomic mass is 28.3. The molecule has 0 atom stereocenters. The van der Waals surface area contributed by atoms with Crippen LogP contribution in [0.2, 0.25) is 16.6 Å². The molecule has 0 spiro atoms. The highest BCUT2D eigenvalue weighted by Crippen LogP contribution is 2.40. The molecular weight excluding hydrogens is 214 g/mol. The zero-order valence-electron chi connectivity index (χ0n) is 11.7. The first-order valence-corrected chi connectivity index (χ1v) is 8.49. The molecule has 0 aromatic carbocycles. The lowest BCUT2D eigenvalue weighted by Crippen LogP contribution is -2.56. The van der Waals surface area contributed by atoms with E-state index < -0.39 is 8.07 Å². The Bertz CT molecular complexity index is 320. The van der Waals surface area contributed by atoms with E-state index in [4.69, 9.17) is 4.42 Å². The van der Waals surface area contributed by atoms with Gasteiger partial charge in [0.25, 0.3) is 0 Å². The quantitative estimate of drug-likeness (QED) is 0.746. The molecule has 1 aromatic rings. The van der Waals surface area contributed by atoms with Crippen LogP contribution in [0, 0.1) is 6.92 Å². The van der Waals surface area contributed by atoms with Gasteiger partial charge in [-0.3, -0.25) is 0 Å². The number of hydrogen-bond acceptors (Lipinski definition) is 2. The Kier molecular flexibility index (Phi) is 4.00. The second-order valence-corrected chi connectivity index (χ2v) is 11.4. The smallest absolute Gasteiger partial charge is 0.167 e. The van der Waals surface area contributed by atoms with Gasteiger partial charge < -0.3 is 4.42 Å². The molecule has 1 rings (SSSR count). The van der Waals surface area contributed by atoms with Crippen LogP contribution in [0.1, 0.15) is 47.3 Å². The predicted molar refractivity (Wildman–Crippen MR) is 71.9 cm³/mol. The van der Waals surface area contributed by atoms with Crippen LogP contribution in [0.25, 0.3) is 0 Å². The molecule has 0 fully saturated rings. The van der Waals surface area contributed by atoms with Crippen LogP contribution < -0.4 is 5.51 Å². The first-order chi connectivity index (χ1) is 7.33. The fourth-order valence-electron chi connectivity index (χ4n) is 3.30. The number of nitrogens with zero attached hydrogens (tertiary/aromatic N) is 1. The summed E-state index contributed by atoms with van der Waals surface area (Å²) in [4.78, 5) is 4.55. The maximum atomic E-state index is 5.88. The minimum Gasteiger partial charge on any atom is -0.451 e. The summed E-state index contributed by atoms with van der Waals surface area (Å²) in [6, 6.07) is 0. The minimum absolute atomic E-state index is 0.658. The third kappa shape index (κ3) is 1.97. The van der Waals surface area contributed by atoms with E-state index in [1.807, 2.05) is 13.1 Å². The van der Waals surface area contributed by atoms with E-state index in [9.17, 15) is 0 Å². The molecule has 0 saturated carbocycles. The van der Waals surface area contributed by atoms with E-state index >= 15 is 0 Å². The van der Waals surface area contributed by atoms with Gasteiger partial charge in [0.15, 0.2) is 13.6 Å². The topological polar surface area (TPSA) is 26.0 Å². The van der Waals surface area contributed by atoms with E-state index in [0.29, 0.717) is 16.6 Å². The van der Waals surface area contributed by atoms with Crippen LogP contribution in [0.4, 0.5) is 0 Å². The molecular formula is C13H25NOSi. The maximum absolute atomic E-state index is 5.88. The van der Waals surface area contributed by atoms with E-state index in [1.54, 1.807) is 0 Å². The molecule has 3 heteroatoms. The fraction of sp³-hybridized carbons (Fsp3) is 0.769. The second-order valence-electron chi connectivity index (χ2n) is 5.67. The Balaban J connectivity index is 3.33. The third-order valence-corrected chi connectivity index (χ3v) is 10.6. The molecule has 0 unspecified atom stereocenters. The standard InChI is InChI=1S/C13H25NOSi/c1-9(2)16(10(3)4,11(5)6)13-14-8-12(7)15-13/h8-11H,1-7H3. The molecule has 0 radical (unpaired) electrons. The molecule has 0 saturated heterocycles. The van der Waals surface area contributed by atoms with Gasteiger partial charge in [0.1, 0.15) is 5.76 Å². The summed E-state index contributed by atoms with van der Waals surface area (Å²) < 4.78 is 5.88. The zero-order valence-corrected chi connectivity index (χ0v) is 12.7. The number of oxazole rings is 1. The van der Waals surface area contributed by atoms with E-state index in [2.05, 4.69) is 46.5 Å². The van der Waals surface area contributed by atoms with Crippen molar-refractivity contribution >= 4 is 13.6 Å². The van der Waals surface area contributed by atoms with Gasteiger partial charge in [-0.25, -0.2) is 4.98 Å². The number of hydrogen-bond donors (Lipinski definition) is 0. The molecule has 2 nitrogen and oxygen atoms in total. The van der Waals surface area contributed by atoms with Gasteiger partial charge in [-0.1, -0.05) is 41.5 Å². The zero-order chi connectivity index (χ0) is 12.5. The monoisotopic (exact) mass is 239 g/mol. The van der Waals surface area contributed by atoms with Crippen molar-refractivity contribution in [3.8, 4) is 0 Å². The summed E-state index contributed by atoms with van der Waals surface area (Å²) in [6.45, 7) is 15.9. The second kappa shape index (κ2) is 4.74. The summed E-state index contributed by atoms with van der Waals surface area (Å²) in [5.74, 6) is 0.939. The molecule has 0 N–H and O–H groups in total. The van der Waals surface area contributed by atoms with E-state index in [-0.39, 0.29) is 0 Å². The molecule has 0 aliphatic rings. The van der Waals surface area contributed by atoms with Crippen molar-refractivity contribution in [3.63, 3.8) is 0 Å². The first kappa shape index (κ1) is 13.5. The Morgan fingerprint density at radius 3 is 1.69 bits per heavy atom. The predicted octanol–water partition coefficient (Wildman–Crippen LogP) is 3.87. The first-order valence-electron chi connectivity index (χ1n) is 6.26. The van der Waals surface area contributed by atoms with Crippen molar-refractivity contribution in [1.29, 1.82) is 0 Å². The van der Waals surface area contributed by atoms with Crippen LogP contribution in [0.3, 0.4) is 0 Å². The van der Waals surface area contributed by atoms with Crippen LogP contribution in [-0.4, -0.2) is 13.1 Å². The molecule has 92 valence electrons. The van der Waals surface area contributed by atoms with Crippen LogP contribution in [0.5, 0.6) is 0 Å². The van der Waals surface area contributed by atoms with Gasteiger partial charge in [0.2, 0.25) is 0 Å². The minimum atomic E-state index is -1.66. The van der Waals surface area contributed by atoms with Crippen molar-refractivity contribution in [1.82, 2.24) is 4.98 Å². The average Bonchev–Trinajstić information content (AvgIpc) is 2.50. The van der Waals surface area contributed by atoms with Crippen molar-refractivity contribution in [2.45, 2.75) is 65.1 Å². The molecule has 16 heavy (non-hydrogen) atoms. The summed E-state index contributed by atoms with van der Waals surface area (Å²) in [5, 5.41) is 0. The Labute approximate surface area is 100 Å². The maximum Gasteiger partial charge on any atom is 0.167 e. The molecule has 0 aliphatic carbocycles. The van der Waals surface area contributed by atoms with Crippen molar-refractivity contribution in [2.75, 3.05) is 0 Å². The van der Waals surface area contributed by atoms with Crippen LogP contribution in [-0.2, 0) is 0 Å². The number of aryl methyl sites for hydroxylation is 1. The van der Waals surface area contributed by atoms with Crippen molar-refractivity contribution in [3.05, 3.63) is 12.0 Å². The lowest BCUT2D eigenvalue weighted by Gasteiger charge is -2.39. The molecule has 1 heterocycles. The van der Waals surface area contributed by atoms with Gasteiger partial charge in [-0.15, -0.1) is 0 Å². The Hall–Kier alpha value is -0.573.